The van der Waals surface area contributed by atoms with Crippen LogP contribution in [0.3, 0.4) is 0 Å². The average Bonchev–Trinajstić information content (AvgIpc) is 2.54. The molecule has 5 rings (SSSR count). The van der Waals surface area contributed by atoms with Crippen molar-refractivity contribution in [3.8, 4) is 0 Å². The van der Waals surface area contributed by atoms with Gasteiger partial charge in [0.15, 0.2) is 0 Å². The molecule has 1 N–H and O–H groups in total. The molecule has 3 atom stereocenters. The Balaban J connectivity index is 1.78. The van der Waals surface area contributed by atoms with Crippen molar-refractivity contribution in [3.05, 3.63) is 17.5 Å². The van der Waals surface area contributed by atoms with Gasteiger partial charge < -0.3 is 5.11 Å². The van der Waals surface area contributed by atoms with E-state index in [0.29, 0.717) is 5.92 Å². The summed E-state index contributed by atoms with van der Waals surface area (Å²) in [5.74, 6) is 2.21. The van der Waals surface area contributed by atoms with E-state index in [0.717, 1.165) is 30.4 Å². The molecule has 0 saturated heterocycles. The highest BCUT2D eigenvalue weighted by atomic mass is 16.3. The first-order valence-electron chi connectivity index (χ1n) is 7.30. The quantitative estimate of drug-likeness (QED) is 0.827. The van der Waals surface area contributed by atoms with E-state index < -0.39 is 5.60 Å². The fraction of sp³-hybridized carbons (Fsp3) is 0.800. The van der Waals surface area contributed by atoms with Crippen LogP contribution in [-0.4, -0.2) is 20.5 Å². The molecule has 4 bridgehead atoms. The zero-order chi connectivity index (χ0) is 12.5. The number of hydrogen-bond donors (Lipinski definition) is 1. The average molecular weight is 246 g/mol. The fourth-order valence-corrected chi connectivity index (χ4v) is 5.33. The van der Waals surface area contributed by atoms with Gasteiger partial charge in [-0.3, -0.25) is 4.68 Å². The van der Waals surface area contributed by atoms with Crippen LogP contribution in [0.2, 0.25) is 0 Å². The molecule has 4 saturated carbocycles. The second kappa shape index (κ2) is 3.38. The first-order chi connectivity index (χ1) is 8.55. The summed E-state index contributed by atoms with van der Waals surface area (Å²) < 4.78 is 2.14. The molecule has 0 aromatic carbocycles. The Morgan fingerprint density at radius 3 is 2.39 bits per heavy atom. The Labute approximate surface area is 108 Å². The molecule has 1 heterocycles. The zero-order valence-corrected chi connectivity index (χ0v) is 11.3. The van der Waals surface area contributed by atoms with Crippen molar-refractivity contribution < 1.29 is 5.11 Å². The molecule has 98 valence electrons. The van der Waals surface area contributed by atoms with Gasteiger partial charge in [0.25, 0.3) is 0 Å². The molecule has 4 aliphatic rings. The summed E-state index contributed by atoms with van der Waals surface area (Å²) in [6.07, 6.45) is 5.98. The molecular formula is C15H22N2O. The Kier molecular flexibility index (Phi) is 2.07. The molecule has 0 amide bonds. The van der Waals surface area contributed by atoms with Gasteiger partial charge >= 0.3 is 0 Å². The smallest absolute Gasteiger partial charge is 0.0879 e. The van der Waals surface area contributed by atoms with E-state index >= 15 is 0 Å². The van der Waals surface area contributed by atoms with Crippen LogP contribution >= 0.6 is 0 Å². The number of aromatic nitrogens is 2. The molecule has 3 unspecified atom stereocenters. The van der Waals surface area contributed by atoms with Gasteiger partial charge in [0, 0.05) is 5.69 Å². The first kappa shape index (κ1) is 11.0. The first-order valence-corrected chi connectivity index (χ1v) is 7.30. The van der Waals surface area contributed by atoms with Gasteiger partial charge in [0.1, 0.15) is 0 Å². The van der Waals surface area contributed by atoms with E-state index in [9.17, 15) is 5.11 Å². The summed E-state index contributed by atoms with van der Waals surface area (Å²) >= 11 is 0. The van der Waals surface area contributed by atoms with E-state index in [2.05, 4.69) is 22.8 Å². The lowest BCUT2D eigenvalue weighted by Crippen LogP contribution is -2.57. The van der Waals surface area contributed by atoms with Gasteiger partial charge in [-0.05, 0) is 69.8 Å². The zero-order valence-electron chi connectivity index (χ0n) is 11.3. The molecule has 1 aromatic rings. The van der Waals surface area contributed by atoms with E-state index in [-0.39, 0.29) is 6.04 Å². The van der Waals surface area contributed by atoms with E-state index in [1.165, 1.54) is 25.0 Å². The molecule has 4 aliphatic carbocycles. The Hall–Kier alpha value is -0.830. The molecule has 0 spiro atoms. The number of nitrogens with zero attached hydrogens (tertiary/aromatic N) is 2. The molecule has 3 nitrogen and oxygen atoms in total. The maximum atomic E-state index is 11.1. The largest absolute Gasteiger partial charge is 0.388 e. The fourth-order valence-electron chi connectivity index (χ4n) is 5.33. The van der Waals surface area contributed by atoms with Crippen molar-refractivity contribution in [1.82, 2.24) is 9.78 Å². The van der Waals surface area contributed by atoms with Crippen LogP contribution in [0.5, 0.6) is 0 Å². The van der Waals surface area contributed by atoms with Gasteiger partial charge in [-0.15, -0.1) is 0 Å². The molecule has 18 heavy (non-hydrogen) atoms. The third kappa shape index (κ3) is 1.37. The molecule has 0 aliphatic heterocycles. The maximum absolute atomic E-state index is 11.1. The van der Waals surface area contributed by atoms with Crippen LogP contribution in [0, 0.1) is 31.6 Å². The van der Waals surface area contributed by atoms with Gasteiger partial charge in [-0.2, -0.15) is 5.10 Å². The van der Waals surface area contributed by atoms with Crippen molar-refractivity contribution in [1.29, 1.82) is 0 Å². The lowest BCUT2D eigenvalue weighted by molar-refractivity contribution is -0.166. The third-order valence-corrected chi connectivity index (χ3v) is 5.53. The van der Waals surface area contributed by atoms with Crippen molar-refractivity contribution >= 4 is 0 Å². The minimum atomic E-state index is -0.474. The molecule has 3 heteroatoms. The second-order valence-corrected chi connectivity index (χ2v) is 7.03. The Morgan fingerprint density at radius 2 is 1.89 bits per heavy atom. The van der Waals surface area contributed by atoms with Crippen molar-refractivity contribution in [3.63, 3.8) is 0 Å². The lowest BCUT2D eigenvalue weighted by Gasteiger charge is -2.58. The monoisotopic (exact) mass is 246 g/mol. The van der Waals surface area contributed by atoms with Gasteiger partial charge in [-0.1, -0.05) is 0 Å². The number of hydrogen-bond acceptors (Lipinski definition) is 2. The molecule has 4 fully saturated rings. The predicted octanol–water partition coefficient (Wildman–Crippen LogP) is 2.61. The highest BCUT2D eigenvalue weighted by Crippen LogP contribution is 2.60. The maximum Gasteiger partial charge on any atom is 0.0879 e. The highest BCUT2D eigenvalue weighted by Gasteiger charge is 2.57. The number of rotatable bonds is 1. The summed E-state index contributed by atoms with van der Waals surface area (Å²) in [7, 11) is 0. The van der Waals surface area contributed by atoms with Crippen LogP contribution in [-0.2, 0) is 0 Å². The summed E-state index contributed by atoms with van der Waals surface area (Å²) in [5, 5.41) is 15.7. The van der Waals surface area contributed by atoms with Gasteiger partial charge in [0.2, 0.25) is 0 Å². The lowest BCUT2D eigenvalue weighted by atomic mass is 9.52. The second-order valence-electron chi connectivity index (χ2n) is 7.03. The number of aryl methyl sites for hydroxylation is 2. The van der Waals surface area contributed by atoms with E-state index in [4.69, 9.17) is 0 Å². The summed E-state index contributed by atoms with van der Waals surface area (Å²) in [6.45, 7) is 4.16. The van der Waals surface area contributed by atoms with Crippen molar-refractivity contribution in [2.75, 3.05) is 0 Å². The van der Waals surface area contributed by atoms with Gasteiger partial charge in [0.05, 0.1) is 17.3 Å². The number of aliphatic hydroxyl groups is 1. The summed E-state index contributed by atoms with van der Waals surface area (Å²) in [6, 6.07) is 2.37. The summed E-state index contributed by atoms with van der Waals surface area (Å²) in [5.41, 5.74) is 1.81. The molecule has 0 radical (unpaired) electrons. The Bertz CT molecular complexity index is 479. The van der Waals surface area contributed by atoms with Crippen LogP contribution < -0.4 is 0 Å². The van der Waals surface area contributed by atoms with E-state index in [1.807, 2.05) is 6.92 Å². The predicted molar refractivity (Wildman–Crippen MR) is 69.2 cm³/mol. The standard InChI is InChI=1S/C15H22N2O/c1-9-3-10(2)17(16-9)14-13-5-11-4-12(6-13)8-15(14,18)7-11/h3,11-14,18H,4-8H2,1-2H3. The minimum Gasteiger partial charge on any atom is -0.388 e. The van der Waals surface area contributed by atoms with Gasteiger partial charge in [-0.25, -0.2) is 0 Å². The van der Waals surface area contributed by atoms with Crippen molar-refractivity contribution in [2.24, 2.45) is 17.8 Å². The molecular weight excluding hydrogens is 224 g/mol. The Morgan fingerprint density at radius 1 is 1.22 bits per heavy atom. The van der Waals surface area contributed by atoms with Crippen LogP contribution in [0.15, 0.2) is 6.07 Å². The third-order valence-electron chi connectivity index (χ3n) is 5.53. The normalized spacial score (nSPS) is 45.7. The van der Waals surface area contributed by atoms with E-state index in [1.54, 1.807) is 0 Å². The topological polar surface area (TPSA) is 38.0 Å². The highest BCUT2D eigenvalue weighted by molar-refractivity contribution is 5.14. The van der Waals surface area contributed by atoms with Crippen LogP contribution in [0.4, 0.5) is 0 Å². The summed E-state index contributed by atoms with van der Waals surface area (Å²) in [4.78, 5) is 0. The van der Waals surface area contributed by atoms with Crippen LogP contribution in [0.1, 0.15) is 49.5 Å². The minimum absolute atomic E-state index is 0.235. The van der Waals surface area contributed by atoms with Crippen LogP contribution in [0.25, 0.3) is 0 Å². The SMILES string of the molecule is Cc1cc(C)n(C2C3CC4CC(C3)CC2(O)C4)n1. The van der Waals surface area contributed by atoms with Crippen molar-refractivity contribution in [2.45, 2.75) is 57.6 Å². The molecule has 1 aromatic heterocycles.